The van der Waals surface area contributed by atoms with Crippen molar-refractivity contribution >= 4 is 39.9 Å². The molecule has 2 aromatic carbocycles. The van der Waals surface area contributed by atoms with E-state index >= 15 is 4.39 Å². The second-order valence-corrected chi connectivity index (χ2v) is 11.8. The first-order chi connectivity index (χ1) is 20.5. The number of halogens is 2. The summed E-state index contributed by atoms with van der Waals surface area (Å²) in [6.45, 7) is 11.0. The number of phenols is 1. The van der Waals surface area contributed by atoms with Gasteiger partial charge in [-0.2, -0.15) is 4.98 Å². The Bertz CT molecular complexity index is 1850. The van der Waals surface area contributed by atoms with Crippen molar-refractivity contribution in [3.8, 4) is 22.6 Å². The first-order valence-corrected chi connectivity index (χ1v) is 14.5. The standard InChI is InChI=1S/C32H32ClFN6O3/c1-6-24(42)38-12-13-39-19(16-38)15-37(5)30-26-22(14-20(27(30)34)25-21(33)8-7-9-23(25)41)40(32(43)36-31(26)39)29-18(4)10-11-35-28(29)17(2)3/h6-11,14,17,19,41H,1,12-13,15-16H2,2-5H3. The van der Waals surface area contributed by atoms with E-state index in [4.69, 9.17) is 11.6 Å². The number of carbonyl (C=O) groups is 1. The van der Waals surface area contributed by atoms with Gasteiger partial charge in [-0.25, -0.2) is 9.18 Å². The molecule has 2 aliphatic rings. The molecule has 1 amide bonds. The first kappa shape index (κ1) is 28.7. The maximum atomic E-state index is 16.9. The van der Waals surface area contributed by atoms with Crippen LogP contribution in [0.2, 0.25) is 5.02 Å². The van der Waals surface area contributed by atoms with Crippen LogP contribution in [0.25, 0.3) is 27.7 Å². The number of fused-ring (bicyclic) bond motifs is 2. The second-order valence-electron chi connectivity index (χ2n) is 11.4. The molecule has 2 aliphatic heterocycles. The van der Waals surface area contributed by atoms with E-state index in [1.54, 1.807) is 41.2 Å². The average Bonchev–Trinajstić information content (AvgIpc) is 3.08. The van der Waals surface area contributed by atoms with Gasteiger partial charge in [-0.15, -0.1) is 0 Å². The number of aromatic nitrogens is 3. The Hall–Kier alpha value is -4.44. The third-order valence-electron chi connectivity index (χ3n) is 8.37. The predicted molar refractivity (Wildman–Crippen MR) is 167 cm³/mol. The number of rotatable bonds is 4. The maximum Gasteiger partial charge on any atom is 0.354 e. The molecule has 0 bridgehead atoms. The molecule has 0 saturated carbocycles. The summed E-state index contributed by atoms with van der Waals surface area (Å²) in [7, 11) is 1.78. The third-order valence-corrected chi connectivity index (χ3v) is 8.68. The summed E-state index contributed by atoms with van der Waals surface area (Å²) in [5.74, 6) is -0.644. The van der Waals surface area contributed by atoms with E-state index in [1.165, 1.54) is 16.7 Å². The highest BCUT2D eigenvalue weighted by molar-refractivity contribution is 6.33. The number of aryl methyl sites for hydroxylation is 1. The second kappa shape index (κ2) is 10.7. The van der Waals surface area contributed by atoms with E-state index in [1.807, 2.05) is 31.7 Å². The van der Waals surface area contributed by atoms with Crippen LogP contribution in [0.3, 0.4) is 0 Å². The van der Waals surface area contributed by atoms with Gasteiger partial charge >= 0.3 is 5.69 Å². The van der Waals surface area contributed by atoms with Gasteiger partial charge in [0.1, 0.15) is 11.6 Å². The lowest BCUT2D eigenvalue weighted by molar-refractivity contribution is -0.126. The van der Waals surface area contributed by atoms with Gasteiger partial charge in [0, 0.05) is 50.6 Å². The quantitative estimate of drug-likeness (QED) is 0.327. The molecule has 1 atom stereocenters. The lowest BCUT2D eigenvalue weighted by Crippen LogP contribution is -2.57. The summed E-state index contributed by atoms with van der Waals surface area (Å²) in [6, 6.07) is 7.75. The molecular formula is C32H32ClFN6O3. The van der Waals surface area contributed by atoms with Crippen LogP contribution in [0.1, 0.15) is 31.0 Å². The molecule has 4 heterocycles. The van der Waals surface area contributed by atoms with Crippen molar-refractivity contribution in [2.75, 3.05) is 43.0 Å². The molecule has 43 heavy (non-hydrogen) atoms. The normalized spacial score (nSPS) is 16.4. The van der Waals surface area contributed by atoms with Crippen molar-refractivity contribution < 1.29 is 14.3 Å². The lowest BCUT2D eigenvalue weighted by atomic mass is 9.98. The highest BCUT2D eigenvalue weighted by Crippen LogP contribution is 2.46. The highest BCUT2D eigenvalue weighted by Gasteiger charge is 2.38. The zero-order valence-corrected chi connectivity index (χ0v) is 25.2. The van der Waals surface area contributed by atoms with Crippen LogP contribution in [0.15, 0.2) is 54.0 Å². The fourth-order valence-electron chi connectivity index (χ4n) is 6.38. The van der Waals surface area contributed by atoms with Gasteiger partial charge in [-0.1, -0.05) is 38.1 Å². The smallest absolute Gasteiger partial charge is 0.354 e. The minimum Gasteiger partial charge on any atom is -0.507 e. The van der Waals surface area contributed by atoms with Crippen LogP contribution < -0.4 is 15.5 Å². The third kappa shape index (κ3) is 4.52. The Kier molecular flexibility index (Phi) is 7.12. The van der Waals surface area contributed by atoms with Crippen LogP contribution in [0.4, 0.5) is 15.9 Å². The topological polar surface area (TPSA) is 94.8 Å². The molecule has 2 aromatic heterocycles. The van der Waals surface area contributed by atoms with E-state index in [0.717, 1.165) is 5.56 Å². The van der Waals surface area contributed by atoms with E-state index in [9.17, 15) is 14.7 Å². The number of phenolic OH excluding ortho intramolecular Hbond substituents is 1. The molecule has 0 spiro atoms. The minimum atomic E-state index is -0.600. The average molecular weight is 603 g/mol. The minimum absolute atomic E-state index is 0.0262. The number of pyridine rings is 1. The number of carbonyl (C=O) groups excluding carboxylic acids is 1. The zero-order valence-electron chi connectivity index (χ0n) is 24.4. The highest BCUT2D eigenvalue weighted by atomic mass is 35.5. The van der Waals surface area contributed by atoms with Crippen molar-refractivity contribution in [2.45, 2.75) is 32.7 Å². The zero-order chi connectivity index (χ0) is 30.7. The Balaban J connectivity index is 1.75. The van der Waals surface area contributed by atoms with Gasteiger partial charge in [-0.05, 0) is 48.7 Å². The summed E-state index contributed by atoms with van der Waals surface area (Å²) in [5.41, 5.74) is 2.37. The van der Waals surface area contributed by atoms with Crippen LogP contribution in [-0.4, -0.2) is 69.7 Å². The van der Waals surface area contributed by atoms with Crippen molar-refractivity contribution in [1.82, 2.24) is 19.4 Å². The number of likely N-dealkylation sites (N-methyl/N-ethyl adjacent to an activating group) is 1. The molecule has 222 valence electrons. The van der Waals surface area contributed by atoms with Crippen molar-refractivity contribution in [2.24, 2.45) is 0 Å². The number of hydrogen-bond acceptors (Lipinski definition) is 7. The molecule has 1 fully saturated rings. The molecule has 9 nitrogen and oxygen atoms in total. The number of nitrogens with zero attached hydrogens (tertiary/aromatic N) is 6. The molecule has 11 heteroatoms. The molecule has 1 unspecified atom stereocenters. The summed E-state index contributed by atoms with van der Waals surface area (Å²) in [4.78, 5) is 41.4. The first-order valence-electron chi connectivity index (χ1n) is 14.2. The Morgan fingerprint density at radius 3 is 2.67 bits per heavy atom. The molecule has 4 aromatic rings. The van der Waals surface area contributed by atoms with Crippen LogP contribution >= 0.6 is 11.6 Å². The predicted octanol–water partition coefficient (Wildman–Crippen LogP) is 5.03. The molecular weight excluding hydrogens is 571 g/mol. The van der Waals surface area contributed by atoms with Gasteiger partial charge < -0.3 is 19.8 Å². The van der Waals surface area contributed by atoms with E-state index in [-0.39, 0.29) is 45.5 Å². The fourth-order valence-corrected chi connectivity index (χ4v) is 6.65. The SMILES string of the molecule is C=CC(=O)N1CCN2c3nc(=O)n(-c4c(C)ccnc4C(C)C)c4cc(-c5c(O)cccc5Cl)c(F)c(c34)N(C)CC2C1. The van der Waals surface area contributed by atoms with Gasteiger partial charge in [-0.3, -0.25) is 14.3 Å². The maximum absolute atomic E-state index is 16.9. The Labute approximate surface area is 253 Å². The monoisotopic (exact) mass is 602 g/mol. The van der Waals surface area contributed by atoms with Gasteiger partial charge in [0.25, 0.3) is 0 Å². The summed E-state index contributed by atoms with van der Waals surface area (Å²) >= 11 is 6.55. The Morgan fingerprint density at radius 1 is 1.21 bits per heavy atom. The number of aromatic hydroxyl groups is 1. The number of anilines is 2. The number of piperazine rings is 1. The van der Waals surface area contributed by atoms with E-state index in [2.05, 4.69) is 16.5 Å². The van der Waals surface area contributed by atoms with Gasteiger partial charge in [0.2, 0.25) is 5.91 Å². The Morgan fingerprint density at radius 2 is 1.98 bits per heavy atom. The van der Waals surface area contributed by atoms with Crippen molar-refractivity contribution in [1.29, 1.82) is 0 Å². The van der Waals surface area contributed by atoms with E-state index < -0.39 is 11.5 Å². The molecule has 1 N–H and O–H groups in total. The van der Waals surface area contributed by atoms with Gasteiger partial charge in [0.15, 0.2) is 5.82 Å². The summed E-state index contributed by atoms with van der Waals surface area (Å²) in [5, 5.41) is 11.5. The van der Waals surface area contributed by atoms with Crippen LogP contribution in [0, 0.1) is 12.7 Å². The van der Waals surface area contributed by atoms with Crippen molar-refractivity contribution in [3.63, 3.8) is 0 Å². The fraction of sp³-hybridized carbons (Fsp3) is 0.312. The largest absolute Gasteiger partial charge is 0.507 e. The molecule has 0 aliphatic carbocycles. The van der Waals surface area contributed by atoms with E-state index in [0.29, 0.717) is 54.3 Å². The number of amides is 1. The summed E-state index contributed by atoms with van der Waals surface area (Å²) < 4.78 is 18.4. The molecule has 1 saturated heterocycles. The molecule has 6 rings (SSSR count). The van der Waals surface area contributed by atoms with Gasteiger partial charge in [0.05, 0.1) is 39.0 Å². The molecule has 0 radical (unpaired) electrons. The number of benzene rings is 2. The number of hydrogen-bond donors (Lipinski definition) is 1. The van der Waals surface area contributed by atoms with Crippen LogP contribution in [-0.2, 0) is 4.79 Å². The van der Waals surface area contributed by atoms with Crippen LogP contribution in [0.5, 0.6) is 5.75 Å². The summed E-state index contributed by atoms with van der Waals surface area (Å²) in [6.07, 6.45) is 2.99. The van der Waals surface area contributed by atoms with Crippen molar-refractivity contribution in [3.05, 3.63) is 81.8 Å². The lowest BCUT2D eigenvalue weighted by Gasteiger charge is -2.41.